The van der Waals surface area contributed by atoms with Crippen LogP contribution in [-0.2, 0) is 9.59 Å². The molecule has 5 heteroatoms. The largest absolute Gasteiger partial charge is 0.481 e. The van der Waals surface area contributed by atoms with Gasteiger partial charge in [0, 0.05) is 25.0 Å². The first kappa shape index (κ1) is 13.9. The summed E-state index contributed by atoms with van der Waals surface area (Å²) in [5, 5.41) is 11.4. The van der Waals surface area contributed by atoms with Gasteiger partial charge in [-0.1, -0.05) is 6.07 Å². The normalized spacial score (nSPS) is 11.4. The van der Waals surface area contributed by atoms with Crippen molar-refractivity contribution in [1.82, 2.24) is 10.3 Å². The predicted molar refractivity (Wildman–Crippen MR) is 67.7 cm³/mol. The molecule has 1 rings (SSSR count). The fourth-order valence-corrected chi connectivity index (χ4v) is 1.09. The maximum Gasteiger partial charge on any atom is 0.310 e. The minimum absolute atomic E-state index is 0.0819. The summed E-state index contributed by atoms with van der Waals surface area (Å²) in [4.78, 5) is 26.2. The van der Waals surface area contributed by atoms with Crippen LogP contribution in [0.1, 0.15) is 19.4 Å². The summed E-state index contributed by atoms with van der Waals surface area (Å²) in [6.07, 6.45) is 6.25. The van der Waals surface area contributed by atoms with Crippen LogP contribution in [0.2, 0.25) is 0 Å². The Balaban J connectivity index is 2.48. The number of aromatic nitrogens is 1. The number of hydrogen-bond donors (Lipinski definition) is 2. The van der Waals surface area contributed by atoms with E-state index in [1.807, 2.05) is 6.07 Å². The first-order valence-corrected chi connectivity index (χ1v) is 5.51. The van der Waals surface area contributed by atoms with Crippen molar-refractivity contribution in [3.05, 3.63) is 36.2 Å². The molecule has 1 heterocycles. The number of nitrogens with zero attached hydrogens (tertiary/aromatic N) is 1. The molecule has 18 heavy (non-hydrogen) atoms. The van der Waals surface area contributed by atoms with E-state index in [-0.39, 0.29) is 12.5 Å². The number of carboxylic acid groups (broad SMARTS) is 1. The third kappa shape index (κ3) is 4.37. The molecule has 0 radical (unpaired) electrons. The molecule has 0 saturated carbocycles. The zero-order chi connectivity index (χ0) is 13.6. The molecule has 0 atom stereocenters. The molecular weight excluding hydrogens is 232 g/mol. The summed E-state index contributed by atoms with van der Waals surface area (Å²) in [5.41, 5.74) is -0.164. The molecule has 1 aromatic heterocycles. The van der Waals surface area contributed by atoms with Gasteiger partial charge in [-0.25, -0.2) is 0 Å². The van der Waals surface area contributed by atoms with E-state index in [9.17, 15) is 9.59 Å². The van der Waals surface area contributed by atoms with E-state index in [2.05, 4.69) is 10.3 Å². The molecule has 0 unspecified atom stereocenters. The zero-order valence-electron chi connectivity index (χ0n) is 10.4. The molecular formula is C13H16N2O3. The van der Waals surface area contributed by atoms with Crippen LogP contribution < -0.4 is 5.32 Å². The average molecular weight is 248 g/mol. The van der Waals surface area contributed by atoms with Gasteiger partial charge in [0.05, 0.1) is 5.41 Å². The Hall–Kier alpha value is -2.17. The lowest BCUT2D eigenvalue weighted by molar-refractivity contribution is -0.146. The highest BCUT2D eigenvalue weighted by Gasteiger charge is 2.27. The second kappa shape index (κ2) is 5.95. The molecule has 2 N–H and O–H groups in total. The van der Waals surface area contributed by atoms with Crippen LogP contribution in [0.3, 0.4) is 0 Å². The lowest BCUT2D eigenvalue weighted by Crippen LogP contribution is -2.38. The summed E-state index contributed by atoms with van der Waals surface area (Å²) >= 11 is 0. The third-order valence-corrected chi connectivity index (χ3v) is 2.40. The number of carboxylic acids is 1. The Morgan fingerprint density at radius 2 is 2.22 bits per heavy atom. The number of rotatable bonds is 5. The van der Waals surface area contributed by atoms with Crippen LogP contribution in [0.4, 0.5) is 0 Å². The standard InChI is InChI=1S/C13H16N2O3/c1-13(2,12(17)18)9-15-11(16)6-5-10-4-3-7-14-8-10/h3-8H,9H2,1-2H3,(H,15,16)(H,17,18)/b6-5+. The molecule has 0 bridgehead atoms. The highest BCUT2D eigenvalue weighted by molar-refractivity contribution is 5.92. The van der Waals surface area contributed by atoms with Gasteiger partial charge < -0.3 is 10.4 Å². The monoisotopic (exact) mass is 248 g/mol. The Labute approximate surface area is 106 Å². The van der Waals surface area contributed by atoms with Gasteiger partial charge in [-0.05, 0) is 31.6 Å². The average Bonchev–Trinajstić information content (AvgIpc) is 2.35. The topological polar surface area (TPSA) is 79.3 Å². The van der Waals surface area contributed by atoms with Crippen molar-refractivity contribution in [2.75, 3.05) is 6.54 Å². The van der Waals surface area contributed by atoms with Crippen molar-refractivity contribution in [1.29, 1.82) is 0 Å². The smallest absolute Gasteiger partial charge is 0.310 e. The van der Waals surface area contributed by atoms with E-state index >= 15 is 0 Å². The Morgan fingerprint density at radius 3 is 2.78 bits per heavy atom. The summed E-state index contributed by atoms with van der Waals surface area (Å²) in [5.74, 6) is -1.27. The Bertz CT molecular complexity index is 453. The van der Waals surface area contributed by atoms with E-state index in [0.717, 1.165) is 5.56 Å². The second-order valence-electron chi connectivity index (χ2n) is 4.53. The van der Waals surface area contributed by atoms with Crippen molar-refractivity contribution in [2.45, 2.75) is 13.8 Å². The highest BCUT2D eigenvalue weighted by atomic mass is 16.4. The number of aliphatic carboxylic acids is 1. The van der Waals surface area contributed by atoms with Gasteiger partial charge in [-0.15, -0.1) is 0 Å². The SMILES string of the molecule is CC(C)(CNC(=O)/C=C/c1cccnc1)C(=O)O. The van der Waals surface area contributed by atoms with Gasteiger partial charge in [0.25, 0.3) is 0 Å². The van der Waals surface area contributed by atoms with Gasteiger partial charge in [0.15, 0.2) is 0 Å². The van der Waals surface area contributed by atoms with Gasteiger partial charge in [-0.3, -0.25) is 14.6 Å². The van der Waals surface area contributed by atoms with Crippen LogP contribution in [-0.4, -0.2) is 28.5 Å². The summed E-state index contributed by atoms with van der Waals surface area (Å²) < 4.78 is 0. The summed E-state index contributed by atoms with van der Waals surface area (Å²) in [6, 6.07) is 3.59. The number of nitrogens with one attached hydrogen (secondary N) is 1. The van der Waals surface area contributed by atoms with Crippen molar-refractivity contribution in [2.24, 2.45) is 5.41 Å². The molecule has 1 aromatic rings. The molecule has 0 aliphatic carbocycles. The molecule has 0 aromatic carbocycles. The number of amides is 1. The molecule has 0 aliphatic rings. The van der Waals surface area contributed by atoms with Crippen LogP contribution in [0.25, 0.3) is 6.08 Å². The minimum atomic E-state index is -0.974. The Morgan fingerprint density at radius 1 is 1.50 bits per heavy atom. The molecule has 5 nitrogen and oxygen atoms in total. The first-order chi connectivity index (χ1) is 8.42. The van der Waals surface area contributed by atoms with E-state index in [0.29, 0.717) is 0 Å². The second-order valence-corrected chi connectivity index (χ2v) is 4.53. The van der Waals surface area contributed by atoms with E-state index in [1.54, 1.807) is 38.4 Å². The minimum Gasteiger partial charge on any atom is -0.481 e. The van der Waals surface area contributed by atoms with Crippen molar-refractivity contribution < 1.29 is 14.7 Å². The van der Waals surface area contributed by atoms with E-state index in [1.165, 1.54) is 6.08 Å². The number of carbonyl (C=O) groups excluding carboxylic acids is 1. The van der Waals surface area contributed by atoms with E-state index in [4.69, 9.17) is 5.11 Å². The predicted octanol–water partition coefficient (Wildman–Crippen LogP) is 1.32. The fraction of sp³-hybridized carbons (Fsp3) is 0.308. The Kier molecular flexibility index (Phi) is 4.59. The van der Waals surface area contributed by atoms with Crippen molar-refractivity contribution in [3.63, 3.8) is 0 Å². The van der Waals surface area contributed by atoms with Crippen LogP contribution in [0, 0.1) is 5.41 Å². The van der Waals surface area contributed by atoms with Crippen molar-refractivity contribution >= 4 is 18.0 Å². The molecule has 0 saturated heterocycles. The molecule has 1 amide bonds. The third-order valence-electron chi connectivity index (χ3n) is 2.40. The lowest BCUT2D eigenvalue weighted by atomic mass is 9.94. The van der Waals surface area contributed by atoms with Crippen molar-refractivity contribution in [3.8, 4) is 0 Å². The molecule has 0 aliphatic heterocycles. The quantitative estimate of drug-likeness (QED) is 0.770. The lowest BCUT2D eigenvalue weighted by Gasteiger charge is -2.18. The summed E-state index contributed by atoms with van der Waals surface area (Å²) in [7, 11) is 0. The van der Waals surface area contributed by atoms with Gasteiger partial charge in [-0.2, -0.15) is 0 Å². The molecule has 0 spiro atoms. The maximum absolute atomic E-state index is 11.5. The van der Waals surface area contributed by atoms with Crippen LogP contribution in [0.5, 0.6) is 0 Å². The van der Waals surface area contributed by atoms with Crippen LogP contribution >= 0.6 is 0 Å². The zero-order valence-corrected chi connectivity index (χ0v) is 10.4. The van der Waals surface area contributed by atoms with Gasteiger partial charge in [0.2, 0.25) is 5.91 Å². The van der Waals surface area contributed by atoms with Gasteiger partial charge in [0.1, 0.15) is 0 Å². The number of carbonyl (C=O) groups is 2. The molecule has 0 fully saturated rings. The number of pyridine rings is 1. The van der Waals surface area contributed by atoms with Gasteiger partial charge >= 0.3 is 5.97 Å². The maximum atomic E-state index is 11.5. The highest BCUT2D eigenvalue weighted by Crippen LogP contribution is 2.12. The summed E-state index contributed by atoms with van der Waals surface area (Å²) in [6.45, 7) is 3.19. The molecule has 96 valence electrons. The first-order valence-electron chi connectivity index (χ1n) is 5.51. The number of hydrogen-bond acceptors (Lipinski definition) is 3. The van der Waals surface area contributed by atoms with E-state index < -0.39 is 11.4 Å². The van der Waals surface area contributed by atoms with Crippen LogP contribution in [0.15, 0.2) is 30.6 Å². The fourth-order valence-electron chi connectivity index (χ4n) is 1.09.